The van der Waals surface area contributed by atoms with E-state index in [4.69, 9.17) is 4.74 Å². The van der Waals surface area contributed by atoms with Gasteiger partial charge in [-0.05, 0) is 44.4 Å². The summed E-state index contributed by atoms with van der Waals surface area (Å²) >= 11 is 0. The fraction of sp³-hybridized carbons (Fsp3) is 0.450. The van der Waals surface area contributed by atoms with E-state index in [1.165, 1.54) is 0 Å². The first-order valence-electron chi connectivity index (χ1n) is 9.03. The van der Waals surface area contributed by atoms with E-state index < -0.39 is 6.10 Å². The van der Waals surface area contributed by atoms with Crippen LogP contribution in [-0.4, -0.2) is 51.2 Å². The predicted octanol–water partition coefficient (Wildman–Crippen LogP) is 2.61. The van der Waals surface area contributed by atoms with E-state index in [-0.39, 0.29) is 18.1 Å². The Kier molecular flexibility index (Phi) is 5.83. The van der Waals surface area contributed by atoms with Gasteiger partial charge in [0, 0.05) is 13.2 Å². The van der Waals surface area contributed by atoms with Gasteiger partial charge in [0.1, 0.15) is 29.5 Å². The zero-order valence-electron chi connectivity index (χ0n) is 15.2. The van der Waals surface area contributed by atoms with Crippen LogP contribution < -0.4 is 4.74 Å². The zero-order valence-corrected chi connectivity index (χ0v) is 15.2. The maximum atomic E-state index is 12.8. The lowest BCUT2D eigenvalue weighted by Crippen LogP contribution is -2.50. The van der Waals surface area contributed by atoms with Gasteiger partial charge in [0.25, 0.3) is 5.91 Å². The molecule has 1 fully saturated rings. The molecule has 1 aromatic heterocycles. The van der Waals surface area contributed by atoms with Crippen LogP contribution in [0.25, 0.3) is 0 Å². The van der Waals surface area contributed by atoms with Crippen molar-refractivity contribution in [3.63, 3.8) is 0 Å². The highest BCUT2D eigenvalue weighted by molar-refractivity contribution is 5.92. The number of amides is 1. The number of para-hydroxylation sites is 1. The summed E-state index contributed by atoms with van der Waals surface area (Å²) in [6.07, 6.45) is 3.88. The quantitative estimate of drug-likeness (QED) is 0.853. The van der Waals surface area contributed by atoms with Crippen molar-refractivity contribution in [3.8, 4) is 5.75 Å². The Bertz CT molecular complexity index is 738. The van der Waals surface area contributed by atoms with Gasteiger partial charge in [-0.1, -0.05) is 24.6 Å². The first-order valence-corrected chi connectivity index (χ1v) is 9.03. The lowest BCUT2D eigenvalue weighted by atomic mass is 10.0. The zero-order chi connectivity index (χ0) is 18.5. The average molecular weight is 355 g/mol. The van der Waals surface area contributed by atoms with Crippen LogP contribution in [0.1, 0.15) is 42.0 Å². The van der Waals surface area contributed by atoms with E-state index in [0.717, 1.165) is 31.4 Å². The molecule has 2 aromatic rings. The highest BCUT2D eigenvalue weighted by atomic mass is 16.5. The smallest absolute Gasteiger partial charge is 0.272 e. The van der Waals surface area contributed by atoms with Gasteiger partial charge in [-0.3, -0.25) is 4.79 Å². The summed E-state index contributed by atoms with van der Waals surface area (Å²) in [5.41, 5.74) is 0.344. The minimum atomic E-state index is -0.755. The molecule has 0 spiro atoms. The minimum absolute atomic E-state index is 0.208. The van der Waals surface area contributed by atoms with Gasteiger partial charge >= 0.3 is 0 Å². The van der Waals surface area contributed by atoms with E-state index >= 15 is 0 Å². The minimum Gasteiger partial charge on any atom is -0.488 e. The molecule has 1 aliphatic carbocycles. The number of hydrogen-bond acceptors (Lipinski definition) is 5. The summed E-state index contributed by atoms with van der Waals surface area (Å²) in [6.45, 7) is 1.75. The van der Waals surface area contributed by atoms with Crippen molar-refractivity contribution in [1.82, 2.24) is 14.9 Å². The largest absolute Gasteiger partial charge is 0.488 e. The third kappa shape index (κ3) is 4.19. The number of hydrogen-bond donors (Lipinski definition) is 1. The Morgan fingerprint density at radius 2 is 1.92 bits per heavy atom. The second kappa shape index (κ2) is 8.27. The molecule has 1 saturated carbocycles. The number of carbonyl (C=O) groups is 1. The first-order chi connectivity index (χ1) is 12.6. The van der Waals surface area contributed by atoms with E-state index in [1.54, 1.807) is 31.1 Å². The summed E-state index contributed by atoms with van der Waals surface area (Å²) in [5.74, 6) is 1.08. The van der Waals surface area contributed by atoms with Crippen molar-refractivity contribution in [2.24, 2.45) is 0 Å². The molecule has 1 aromatic carbocycles. The molecule has 0 radical (unpaired) electrons. The van der Waals surface area contributed by atoms with Crippen LogP contribution in [0, 0.1) is 6.92 Å². The fourth-order valence-electron chi connectivity index (χ4n) is 3.42. The molecule has 1 aliphatic rings. The van der Waals surface area contributed by atoms with Crippen molar-refractivity contribution in [2.45, 2.75) is 50.9 Å². The van der Waals surface area contributed by atoms with Gasteiger partial charge in [-0.15, -0.1) is 0 Å². The van der Waals surface area contributed by atoms with Crippen LogP contribution in [0.15, 0.2) is 42.6 Å². The van der Waals surface area contributed by atoms with Crippen molar-refractivity contribution in [1.29, 1.82) is 0 Å². The van der Waals surface area contributed by atoms with Crippen molar-refractivity contribution < 1.29 is 14.6 Å². The van der Waals surface area contributed by atoms with E-state index in [9.17, 15) is 9.90 Å². The first kappa shape index (κ1) is 18.3. The molecule has 6 nitrogen and oxygen atoms in total. The van der Waals surface area contributed by atoms with Crippen molar-refractivity contribution >= 4 is 5.91 Å². The predicted molar refractivity (Wildman–Crippen MR) is 98.0 cm³/mol. The maximum absolute atomic E-state index is 12.8. The Labute approximate surface area is 153 Å². The molecule has 1 heterocycles. The monoisotopic (exact) mass is 355 g/mol. The number of carbonyl (C=O) groups excluding carboxylic acids is 1. The number of rotatable bonds is 4. The summed E-state index contributed by atoms with van der Waals surface area (Å²) < 4.78 is 6.02. The molecule has 0 unspecified atom stereocenters. The molecule has 0 bridgehead atoms. The lowest BCUT2D eigenvalue weighted by molar-refractivity contribution is -0.0144. The third-order valence-electron chi connectivity index (χ3n) is 4.86. The number of ether oxygens (including phenoxy) is 1. The molecule has 6 heteroatoms. The Balaban J connectivity index is 1.75. The Morgan fingerprint density at radius 1 is 1.19 bits per heavy atom. The van der Waals surface area contributed by atoms with E-state index in [1.807, 2.05) is 30.3 Å². The summed E-state index contributed by atoms with van der Waals surface area (Å²) in [4.78, 5) is 22.6. The molecule has 1 N–H and O–H groups in total. The summed E-state index contributed by atoms with van der Waals surface area (Å²) in [7, 11) is 1.72. The lowest BCUT2D eigenvalue weighted by Gasteiger charge is -2.34. The van der Waals surface area contributed by atoms with Crippen molar-refractivity contribution in [3.05, 3.63) is 54.1 Å². The van der Waals surface area contributed by atoms with Crippen LogP contribution in [0.3, 0.4) is 0 Å². The average Bonchev–Trinajstić information content (AvgIpc) is 2.83. The number of benzene rings is 1. The highest BCUT2D eigenvalue weighted by Crippen LogP contribution is 2.26. The molecule has 3 rings (SSSR count). The third-order valence-corrected chi connectivity index (χ3v) is 4.86. The number of aromatic nitrogens is 2. The van der Waals surface area contributed by atoms with Gasteiger partial charge in [-0.25, -0.2) is 9.97 Å². The van der Waals surface area contributed by atoms with Gasteiger partial charge in [-0.2, -0.15) is 0 Å². The number of aryl methyl sites for hydroxylation is 1. The number of aliphatic hydroxyl groups is 1. The molecule has 138 valence electrons. The van der Waals surface area contributed by atoms with Crippen molar-refractivity contribution in [2.75, 3.05) is 7.05 Å². The standard InChI is InChI=1S/C20H25N3O3/c1-14-21-13-12-16(22-14)20(25)23(2)17-10-6-7-11-18(19(17)24)26-15-8-4-3-5-9-15/h3-5,8-9,12-13,17-19,24H,6-7,10-11H2,1-2H3/t17-,18-,19-/m1/s1. The van der Waals surface area contributed by atoms with Crippen LogP contribution in [0.4, 0.5) is 0 Å². The molecule has 0 saturated heterocycles. The molecule has 1 amide bonds. The second-order valence-electron chi connectivity index (χ2n) is 6.72. The van der Waals surface area contributed by atoms with Gasteiger partial charge in [0.2, 0.25) is 0 Å². The normalized spacial score (nSPS) is 23.1. The summed E-state index contributed by atoms with van der Waals surface area (Å²) in [6, 6.07) is 10.8. The molecule has 3 atom stereocenters. The Morgan fingerprint density at radius 3 is 2.65 bits per heavy atom. The molecule has 26 heavy (non-hydrogen) atoms. The summed E-state index contributed by atoms with van der Waals surface area (Å²) in [5, 5.41) is 10.9. The number of nitrogens with zero attached hydrogens (tertiary/aromatic N) is 3. The number of likely N-dealkylation sites (N-methyl/N-ethyl adjacent to an activating group) is 1. The SMILES string of the molecule is Cc1nccc(C(=O)N(C)[C@@H]2CCCC[C@@H](Oc3ccccc3)[C@@H]2O)n1. The number of aliphatic hydroxyl groups excluding tert-OH is 1. The van der Waals surface area contributed by atoms with Crippen LogP contribution >= 0.6 is 0 Å². The Hall–Kier alpha value is -2.47. The van der Waals surface area contributed by atoms with Gasteiger partial charge in [0.05, 0.1) is 6.04 Å². The highest BCUT2D eigenvalue weighted by Gasteiger charge is 2.36. The topological polar surface area (TPSA) is 75.6 Å². The van der Waals surface area contributed by atoms with E-state index in [0.29, 0.717) is 11.5 Å². The molecule has 0 aliphatic heterocycles. The van der Waals surface area contributed by atoms with Crippen LogP contribution in [0.5, 0.6) is 5.75 Å². The fourth-order valence-corrected chi connectivity index (χ4v) is 3.42. The van der Waals surface area contributed by atoms with Gasteiger partial charge in [0.15, 0.2) is 0 Å². The second-order valence-corrected chi connectivity index (χ2v) is 6.72. The van der Waals surface area contributed by atoms with E-state index in [2.05, 4.69) is 9.97 Å². The molecular formula is C20H25N3O3. The maximum Gasteiger partial charge on any atom is 0.272 e. The van der Waals surface area contributed by atoms with Crippen LogP contribution in [0.2, 0.25) is 0 Å². The van der Waals surface area contributed by atoms with Crippen LogP contribution in [-0.2, 0) is 0 Å². The molecular weight excluding hydrogens is 330 g/mol. The van der Waals surface area contributed by atoms with Gasteiger partial charge < -0.3 is 14.7 Å².